The average Bonchev–Trinajstić information content (AvgIpc) is 3.27. The molecule has 150 valence electrons. The zero-order valence-electron chi connectivity index (χ0n) is 16.8. The first-order valence-electron chi connectivity index (χ1n) is 9.90. The van der Waals surface area contributed by atoms with Crippen LogP contribution in [0, 0.1) is 25.7 Å². The third-order valence-electron chi connectivity index (χ3n) is 5.60. The Morgan fingerprint density at radius 1 is 1.10 bits per heavy atom. The van der Waals surface area contributed by atoms with E-state index in [1.807, 2.05) is 49.1 Å². The van der Waals surface area contributed by atoms with Gasteiger partial charge in [0.25, 0.3) is 5.91 Å². The molecule has 2 unspecified atom stereocenters. The molecule has 2 aliphatic heterocycles. The van der Waals surface area contributed by atoms with Crippen molar-refractivity contribution >= 4 is 18.1 Å². The van der Waals surface area contributed by atoms with Crippen LogP contribution in [0.5, 0.6) is 0 Å². The summed E-state index contributed by atoms with van der Waals surface area (Å²) in [6, 6.07) is 9.55. The maximum Gasteiger partial charge on any atom is 0.254 e. The highest BCUT2D eigenvalue weighted by atomic mass is 16.2. The van der Waals surface area contributed by atoms with Gasteiger partial charge in [-0.2, -0.15) is 0 Å². The van der Waals surface area contributed by atoms with Gasteiger partial charge in [0.1, 0.15) is 0 Å². The normalized spacial score (nSPS) is 21.4. The monoisotopic (exact) mass is 390 g/mol. The minimum Gasteiger partial charge on any atom is -0.403 e. The molecule has 0 aliphatic carbocycles. The van der Waals surface area contributed by atoms with Crippen molar-refractivity contribution < 1.29 is 4.79 Å². The van der Waals surface area contributed by atoms with Crippen molar-refractivity contribution in [2.24, 2.45) is 22.6 Å². The number of nitrogens with zero attached hydrogens (tertiary/aromatic N) is 5. The molecular weight excluding hydrogens is 364 g/mol. The average molecular weight is 390 g/mol. The first kappa shape index (κ1) is 19.1. The van der Waals surface area contributed by atoms with Crippen LogP contribution in [0.25, 0.3) is 0 Å². The van der Waals surface area contributed by atoms with Crippen molar-refractivity contribution in [2.45, 2.75) is 13.8 Å². The lowest BCUT2D eigenvalue weighted by Gasteiger charge is -2.22. The van der Waals surface area contributed by atoms with E-state index in [-0.39, 0.29) is 5.91 Å². The number of fused-ring (bicyclic) bond motifs is 1. The first-order chi connectivity index (χ1) is 14.0. The van der Waals surface area contributed by atoms with Crippen LogP contribution in [0.4, 0.5) is 5.95 Å². The van der Waals surface area contributed by atoms with Crippen LogP contribution >= 0.6 is 0 Å². The van der Waals surface area contributed by atoms with Crippen molar-refractivity contribution in [2.75, 3.05) is 31.1 Å². The van der Waals surface area contributed by atoms with Crippen molar-refractivity contribution in [1.82, 2.24) is 14.9 Å². The Morgan fingerprint density at radius 3 is 2.41 bits per heavy atom. The molecule has 2 saturated heterocycles. The highest BCUT2D eigenvalue weighted by Gasteiger charge is 2.42. The van der Waals surface area contributed by atoms with Gasteiger partial charge in [-0.15, -0.1) is 0 Å². The van der Waals surface area contributed by atoms with Gasteiger partial charge in [-0.1, -0.05) is 18.2 Å². The lowest BCUT2D eigenvalue weighted by Crippen LogP contribution is -2.34. The van der Waals surface area contributed by atoms with Crippen LogP contribution in [0.3, 0.4) is 0 Å². The highest BCUT2D eigenvalue weighted by Crippen LogP contribution is 2.33. The Labute approximate surface area is 171 Å². The van der Waals surface area contributed by atoms with Gasteiger partial charge in [0, 0.05) is 79.1 Å². The summed E-state index contributed by atoms with van der Waals surface area (Å²) in [6.07, 6.45) is 4.55. The molecule has 2 aliphatic rings. The number of aryl methyl sites for hydroxylation is 2. The second kappa shape index (κ2) is 8.03. The number of likely N-dealkylation sites (tertiary alicyclic amines) is 1. The second-order valence-electron chi connectivity index (χ2n) is 7.79. The molecule has 2 aromatic rings. The summed E-state index contributed by atoms with van der Waals surface area (Å²) >= 11 is 0. The highest BCUT2D eigenvalue weighted by molar-refractivity contribution is 6.02. The Balaban J connectivity index is 1.45. The molecule has 4 rings (SSSR count). The quantitative estimate of drug-likeness (QED) is 0.808. The fourth-order valence-corrected chi connectivity index (χ4v) is 4.32. The predicted molar refractivity (Wildman–Crippen MR) is 114 cm³/mol. The topological polar surface area (TPSA) is 87.7 Å². The van der Waals surface area contributed by atoms with Crippen LogP contribution in [0.2, 0.25) is 0 Å². The predicted octanol–water partition coefficient (Wildman–Crippen LogP) is 2.15. The van der Waals surface area contributed by atoms with Crippen molar-refractivity contribution in [3.63, 3.8) is 0 Å². The van der Waals surface area contributed by atoms with E-state index in [0.29, 0.717) is 17.4 Å². The smallest absolute Gasteiger partial charge is 0.254 e. The van der Waals surface area contributed by atoms with E-state index >= 15 is 0 Å². The van der Waals surface area contributed by atoms with Crippen LogP contribution in [-0.4, -0.2) is 53.2 Å². The molecule has 7 heteroatoms. The number of carbonyl (C=O) groups excluding carboxylic acids is 1. The number of anilines is 1. The van der Waals surface area contributed by atoms with E-state index in [1.54, 1.807) is 6.21 Å². The maximum atomic E-state index is 13.2. The number of aromatic nitrogens is 2. The molecule has 2 fully saturated rings. The molecule has 0 bridgehead atoms. The number of aliphatic imine (C=N–C) groups is 1. The minimum absolute atomic E-state index is 0.0624. The Kier molecular flexibility index (Phi) is 5.29. The SMILES string of the molecule is Cc1cc(C)nc(N2CC3CN(C(=O)c4ccccc4C=N/C=C\N)CC3C2)n1. The Morgan fingerprint density at radius 2 is 1.76 bits per heavy atom. The number of nitrogens with two attached hydrogens (primary N) is 1. The molecule has 0 saturated carbocycles. The van der Waals surface area contributed by atoms with Crippen molar-refractivity contribution in [1.29, 1.82) is 0 Å². The number of benzene rings is 1. The number of hydrogen-bond donors (Lipinski definition) is 1. The maximum absolute atomic E-state index is 13.2. The van der Waals surface area contributed by atoms with E-state index in [2.05, 4.69) is 19.9 Å². The van der Waals surface area contributed by atoms with Gasteiger partial charge in [0.05, 0.1) is 0 Å². The summed E-state index contributed by atoms with van der Waals surface area (Å²) in [7, 11) is 0. The third-order valence-corrected chi connectivity index (χ3v) is 5.60. The number of carbonyl (C=O) groups is 1. The van der Waals surface area contributed by atoms with E-state index < -0.39 is 0 Å². The van der Waals surface area contributed by atoms with Gasteiger partial charge < -0.3 is 15.5 Å². The number of amides is 1. The number of rotatable bonds is 4. The first-order valence-corrected chi connectivity index (χ1v) is 9.90. The van der Waals surface area contributed by atoms with Crippen LogP contribution in [0.15, 0.2) is 47.7 Å². The van der Waals surface area contributed by atoms with Crippen LogP contribution in [-0.2, 0) is 0 Å². The lowest BCUT2D eigenvalue weighted by atomic mass is 10.0. The fraction of sp³-hybridized carbons (Fsp3) is 0.364. The molecular formula is C22H26N6O. The fourth-order valence-electron chi connectivity index (χ4n) is 4.32. The molecule has 2 N–H and O–H groups in total. The number of hydrogen-bond acceptors (Lipinski definition) is 6. The molecule has 1 aromatic carbocycles. The van der Waals surface area contributed by atoms with Gasteiger partial charge in [0.2, 0.25) is 5.95 Å². The van der Waals surface area contributed by atoms with Gasteiger partial charge in [0.15, 0.2) is 0 Å². The standard InChI is InChI=1S/C22H26N6O/c1-15-9-16(2)26-22(25-15)28-13-18-11-27(12-19(18)14-28)21(29)20-6-4-3-5-17(20)10-24-8-7-23/h3-10,18-19H,11-14,23H2,1-2H3/b8-7-,24-10?. The van der Waals surface area contributed by atoms with Crippen LogP contribution in [0.1, 0.15) is 27.3 Å². The summed E-state index contributed by atoms with van der Waals surface area (Å²) in [5, 5.41) is 0. The summed E-state index contributed by atoms with van der Waals surface area (Å²) < 4.78 is 0. The second-order valence-corrected chi connectivity index (χ2v) is 7.79. The summed E-state index contributed by atoms with van der Waals surface area (Å²) in [5.74, 6) is 1.77. The molecule has 1 aromatic heterocycles. The summed E-state index contributed by atoms with van der Waals surface area (Å²) in [6.45, 7) is 7.31. The zero-order chi connectivity index (χ0) is 20.4. The Bertz CT molecular complexity index is 935. The molecule has 29 heavy (non-hydrogen) atoms. The van der Waals surface area contributed by atoms with Crippen molar-refractivity contribution in [3.8, 4) is 0 Å². The molecule has 0 radical (unpaired) electrons. The van der Waals surface area contributed by atoms with Crippen LogP contribution < -0.4 is 10.6 Å². The molecule has 0 spiro atoms. The third kappa shape index (κ3) is 3.99. The minimum atomic E-state index is 0.0624. The summed E-state index contributed by atoms with van der Waals surface area (Å²) in [5.41, 5.74) is 8.79. The van der Waals surface area contributed by atoms with E-state index in [1.165, 1.54) is 12.4 Å². The largest absolute Gasteiger partial charge is 0.403 e. The van der Waals surface area contributed by atoms with Gasteiger partial charge in [-0.05, 0) is 26.0 Å². The molecule has 1 amide bonds. The molecule has 7 nitrogen and oxygen atoms in total. The van der Waals surface area contributed by atoms with E-state index in [9.17, 15) is 4.79 Å². The van der Waals surface area contributed by atoms with E-state index in [4.69, 9.17) is 5.73 Å². The molecule has 2 atom stereocenters. The zero-order valence-corrected chi connectivity index (χ0v) is 16.8. The Hall–Kier alpha value is -3.22. The lowest BCUT2D eigenvalue weighted by molar-refractivity contribution is 0.0782. The van der Waals surface area contributed by atoms with E-state index in [0.717, 1.165) is 49.1 Å². The van der Waals surface area contributed by atoms with Crippen molar-refractivity contribution in [3.05, 3.63) is 65.2 Å². The van der Waals surface area contributed by atoms with Gasteiger partial charge in [-0.3, -0.25) is 9.79 Å². The van der Waals surface area contributed by atoms with Gasteiger partial charge in [-0.25, -0.2) is 9.97 Å². The van der Waals surface area contributed by atoms with Gasteiger partial charge >= 0.3 is 0 Å². The summed E-state index contributed by atoms with van der Waals surface area (Å²) in [4.78, 5) is 30.7. The molecule has 3 heterocycles.